The number of benzene rings is 1. The summed E-state index contributed by atoms with van der Waals surface area (Å²) in [7, 11) is 0. The molecule has 0 radical (unpaired) electrons. The Hall–Kier alpha value is -3.13. The molecule has 0 spiro atoms. The molecule has 2 atom stereocenters. The number of nitrogens with one attached hydrogen (secondary N) is 1. The van der Waals surface area contributed by atoms with E-state index in [2.05, 4.69) is 21.2 Å². The number of aliphatic hydroxyl groups excluding tert-OH is 1. The monoisotopic (exact) mass is 482 g/mol. The van der Waals surface area contributed by atoms with Gasteiger partial charge in [-0.05, 0) is 32.8 Å². The maximum atomic E-state index is 12.5. The van der Waals surface area contributed by atoms with Crippen molar-refractivity contribution < 1.29 is 19.4 Å². The number of amides is 1. The topological polar surface area (TPSA) is 118 Å². The van der Waals surface area contributed by atoms with Gasteiger partial charge in [0, 0.05) is 37.8 Å². The number of hydrogen-bond acceptors (Lipinski definition) is 8. The van der Waals surface area contributed by atoms with E-state index in [0.29, 0.717) is 45.8 Å². The van der Waals surface area contributed by atoms with Gasteiger partial charge in [-0.2, -0.15) is 10.4 Å². The third kappa shape index (κ3) is 6.11. The molecule has 1 unspecified atom stereocenters. The van der Waals surface area contributed by atoms with Crippen LogP contribution in [0.4, 0.5) is 10.6 Å². The van der Waals surface area contributed by atoms with Crippen LogP contribution in [0.5, 0.6) is 0 Å². The van der Waals surface area contributed by atoms with Gasteiger partial charge in [0.15, 0.2) is 5.82 Å². The Kier molecular flexibility index (Phi) is 7.60. The van der Waals surface area contributed by atoms with Crippen molar-refractivity contribution in [1.29, 1.82) is 5.26 Å². The number of hydrogen-bond donors (Lipinski definition) is 2. The lowest BCUT2D eigenvalue weighted by Gasteiger charge is -2.42. The fraction of sp³-hybridized carbons (Fsp3) is 0.560. The van der Waals surface area contributed by atoms with Crippen LogP contribution in [0.3, 0.4) is 0 Å². The Morgan fingerprint density at radius 1 is 1.29 bits per heavy atom. The van der Waals surface area contributed by atoms with Crippen LogP contribution in [0.25, 0.3) is 0 Å². The fourth-order valence-corrected chi connectivity index (χ4v) is 4.52. The molecule has 1 aromatic heterocycles. The summed E-state index contributed by atoms with van der Waals surface area (Å²) in [6.45, 7) is 8.57. The first-order valence-electron chi connectivity index (χ1n) is 12.0. The van der Waals surface area contributed by atoms with Gasteiger partial charge >= 0.3 is 6.09 Å². The molecule has 2 aliphatic rings. The summed E-state index contributed by atoms with van der Waals surface area (Å²) in [5.74, 6) is 0.853. The van der Waals surface area contributed by atoms with Gasteiger partial charge in [0.1, 0.15) is 5.60 Å². The van der Waals surface area contributed by atoms with Crippen LogP contribution in [0.2, 0.25) is 0 Å². The van der Waals surface area contributed by atoms with Crippen LogP contribution < -0.4 is 4.90 Å². The van der Waals surface area contributed by atoms with Crippen LogP contribution in [0.1, 0.15) is 44.0 Å². The number of rotatable bonds is 6. The summed E-state index contributed by atoms with van der Waals surface area (Å²) in [6, 6.07) is 11.7. The van der Waals surface area contributed by atoms with Crippen molar-refractivity contribution in [1.82, 2.24) is 20.0 Å². The summed E-state index contributed by atoms with van der Waals surface area (Å²) < 4.78 is 11.2. The molecule has 1 aromatic carbocycles. The van der Waals surface area contributed by atoms with Crippen molar-refractivity contribution in [3.63, 3.8) is 0 Å². The lowest BCUT2D eigenvalue weighted by atomic mass is 10.0. The van der Waals surface area contributed by atoms with Crippen LogP contribution >= 0.6 is 0 Å². The molecule has 10 heteroatoms. The first kappa shape index (κ1) is 25.0. The number of nitrogens with zero attached hydrogens (tertiary/aromatic N) is 5. The average molecular weight is 483 g/mol. The van der Waals surface area contributed by atoms with Gasteiger partial charge in [-0.15, -0.1) is 0 Å². The van der Waals surface area contributed by atoms with Gasteiger partial charge in [-0.25, -0.2) is 9.69 Å². The smallest absolute Gasteiger partial charge is 0.410 e. The minimum Gasteiger partial charge on any atom is -0.444 e. The molecule has 2 aromatic rings. The van der Waals surface area contributed by atoms with E-state index in [1.165, 1.54) is 0 Å². The van der Waals surface area contributed by atoms with E-state index < -0.39 is 12.0 Å². The molecule has 0 bridgehead atoms. The lowest BCUT2D eigenvalue weighted by molar-refractivity contribution is -0.213. The SMILES string of the molecule is CC(C)(C)OC(=O)N1CCc2c(N3CCN(C(O)OCc4ccccc4)[C@@H](CC#N)C3)n[nH]c2C1. The highest BCUT2D eigenvalue weighted by Gasteiger charge is 2.35. The summed E-state index contributed by atoms with van der Waals surface area (Å²) in [5.41, 5.74) is 2.43. The first-order valence-corrected chi connectivity index (χ1v) is 12.0. The van der Waals surface area contributed by atoms with Gasteiger partial charge in [-0.1, -0.05) is 30.3 Å². The maximum Gasteiger partial charge on any atom is 0.410 e. The number of aromatic nitrogens is 2. The zero-order valence-corrected chi connectivity index (χ0v) is 20.6. The number of fused-ring (bicyclic) bond motifs is 1. The summed E-state index contributed by atoms with van der Waals surface area (Å²) in [4.78, 5) is 18.2. The zero-order chi connectivity index (χ0) is 25.0. The summed E-state index contributed by atoms with van der Waals surface area (Å²) >= 11 is 0. The van der Waals surface area contributed by atoms with E-state index in [4.69, 9.17) is 9.47 Å². The molecule has 4 rings (SSSR count). The number of anilines is 1. The second-order valence-electron chi connectivity index (χ2n) is 9.98. The molecule has 10 nitrogen and oxygen atoms in total. The Morgan fingerprint density at radius 3 is 2.77 bits per heavy atom. The second-order valence-corrected chi connectivity index (χ2v) is 9.98. The maximum absolute atomic E-state index is 12.5. The quantitative estimate of drug-likeness (QED) is 0.604. The zero-order valence-electron chi connectivity index (χ0n) is 20.6. The fourth-order valence-electron chi connectivity index (χ4n) is 4.52. The van der Waals surface area contributed by atoms with E-state index >= 15 is 0 Å². The Bertz CT molecular complexity index is 1040. The number of carbonyl (C=O) groups is 1. The standard InChI is InChI=1S/C25H34N6O4/c1-25(2,3)35-23(32)30-12-10-20-21(16-30)27-28-22(20)29-13-14-31(19(15-29)9-11-26)24(33)34-17-18-7-5-4-6-8-18/h4-8,19,24,33H,9-10,12-17H2,1-3H3,(H,27,28)/t19-,24?/m0/s1. The number of piperazine rings is 1. The Balaban J connectivity index is 1.39. The molecule has 35 heavy (non-hydrogen) atoms. The van der Waals surface area contributed by atoms with Crippen molar-refractivity contribution in [2.45, 2.75) is 64.8 Å². The molecule has 1 fully saturated rings. The summed E-state index contributed by atoms with van der Waals surface area (Å²) in [6.07, 6.45) is -0.481. The van der Waals surface area contributed by atoms with Crippen molar-refractivity contribution in [3.05, 3.63) is 47.2 Å². The van der Waals surface area contributed by atoms with E-state index in [1.54, 1.807) is 4.90 Å². The Labute approximate surface area is 206 Å². The minimum absolute atomic E-state index is 0.200. The normalized spacial score (nSPS) is 19.7. The van der Waals surface area contributed by atoms with Gasteiger partial charge in [-0.3, -0.25) is 5.10 Å². The molecular weight excluding hydrogens is 448 g/mol. The van der Waals surface area contributed by atoms with Crippen molar-refractivity contribution in [3.8, 4) is 6.07 Å². The molecular formula is C25H34N6O4. The largest absolute Gasteiger partial charge is 0.444 e. The molecule has 188 valence electrons. The lowest BCUT2D eigenvalue weighted by Crippen LogP contribution is -2.57. The number of carbonyl (C=O) groups excluding carboxylic acids is 1. The van der Waals surface area contributed by atoms with Crippen molar-refractivity contribution in [2.24, 2.45) is 0 Å². The van der Waals surface area contributed by atoms with Crippen LogP contribution in [-0.2, 0) is 29.0 Å². The van der Waals surface area contributed by atoms with Crippen LogP contribution in [0.15, 0.2) is 30.3 Å². The predicted octanol–water partition coefficient (Wildman–Crippen LogP) is 2.60. The minimum atomic E-state index is -1.09. The Morgan fingerprint density at radius 2 is 2.06 bits per heavy atom. The highest BCUT2D eigenvalue weighted by Crippen LogP contribution is 2.30. The van der Waals surface area contributed by atoms with E-state index in [1.807, 2.05) is 56.0 Å². The molecule has 1 saturated heterocycles. The van der Waals surface area contributed by atoms with E-state index in [-0.39, 0.29) is 18.6 Å². The van der Waals surface area contributed by atoms with Gasteiger partial charge in [0.2, 0.25) is 6.41 Å². The molecule has 2 N–H and O–H groups in total. The number of aliphatic hydroxyl groups is 1. The summed E-state index contributed by atoms with van der Waals surface area (Å²) in [5, 5.41) is 27.8. The number of ether oxygens (including phenoxy) is 2. The van der Waals surface area contributed by atoms with Gasteiger partial charge in [0.05, 0.1) is 31.3 Å². The average Bonchev–Trinajstić information content (AvgIpc) is 3.25. The predicted molar refractivity (Wildman–Crippen MR) is 129 cm³/mol. The van der Waals surface area contributed by atoms with E-state index in [9.17, 15) is 15.2 Å². The molecule has 0 saturated carbocycles. The first-order chi connectivity index (χ1) is 16.7. The highest BCUT2D eigenvalue weighted by atomic mass is 16.6. The number of nitriles is 1. The second kappa shape index (κ2) is 10.6. The van der Waals surface area contributed by atoms with Crippen molar-refractivity contribution in [2.75, 3.05) is 31.1 Å². The molecule has 0 aliphatic carbocycles. The highest BCUT2D eigenvalue weighted by molar-refractivity contribution is 5.69. The molecule has 1 amide bonds. The van der Waals surface area contributed by atoms with Crippen molar-refractivity contribution >= 4 is 11.9 Å². The third-order valence-electron chi connectivity index (χ3n) is 6.24. The van der Waals surface area contributed by atoms with Crippen LogP contribution in [0, 0.1) is 11.3 Å². The van der Waals surface area contributed by atoms with Crippen LogP contribution in [-0.4, -0.2) is 75.4 Å². The van der Waals surface area contributed by atoms with E-state index in [0.717, 1.165) is 22.6 Å². The van der Waals surface area contributed by atoms with Gasteiger partial charge < -0.3 is 24.4 Å². The molecule has 3 heterocycles. The number of aromatic amines is 1. The van der Waals surface area contributed by atoms with Gasteiger partial charge in [0.25, 0.3) is 0 Å². The molecule has 2 aliphatic heterocycles. The number of H-pyrrole nitrogens is 1. The third-order valence-corrected chi connectivity index (χ3v) is 6.24.